The summed E-state index contributed by atoms with van der Waals surface area (Å²) in [5.41, 5.74) is -0.365. The van der Waals surface area contributed by atoms with E-state index in [1.807, 2.05) is 13.8 Å². The highest BCUT2D eigenvalue weighted by atomic mass is 79.9. The molecule has 0 fully saturated rings. The van der Waals surface area contributed by atoms with Crippen molar-refractivity contribution in [1.29, 1.82) is 0 Å². The fourth-order valence-corrected chi connectivity index (χ4v) is 1.56. The average Bonchev–Trinajstić information content (AvgIpc) is 2.28. The Balaban J connectivity index is 2.94. The van der Waals surface area contributed by atoms with E-state index in [1.165, 1.54) is 10.9 Å². The molecule has 0 atom stereocenters. The van der Waals surface area contributed by atoms with Crippen molar-refractivity contribution in [3.63, 3.8) is 0 Å². The fourth-order valence-electron chi connectivity index (χ4n) is 1.10. The first-order chi connectivity index (χ1) is 7.84. The van der Waals surface area contributed by atoms with Gasteiger partial charge in [-0.25, -0.2) is 4.98 Å². The lowest BCUT2D eigenvalue weighted by Gasteiger charge is -2.21. The third-order valence-electron chi connectivity index (χ3n) is 2.41. The molecule has 1 aromatic heterocycles. The van der Waals surface area contributed by atoms with Crippen molar-refractivity contribution >= 4 is 33.4 Å². The standard InChI is InChI=1S/C10H13BrClN3O2/c1-6(2)14(3)7(16)4-15-5-13-9(12)8(11)10(15)17/h5-6H,4H2,1-3H3. The molecule has 0 spiro atoms. The number of rotatable bonds is 3. The van der Waals surface area contributed by atoms with E-state index in [0.717, 1.165) is 0 Å². The van der Waals surface area contributed by atoms with E-state index in [4.69, 9.17) is 11.6 Å². The normalized spacial score (nSPS) is 10.7. The van der Waals surface area contributed by atoms with Crippen LogP contribution < -0.4 is 5.56 Å². The van der Waals surface area contributed by atoms with E-state index < -0.39 is 0 Å². The molecule has 0 radical (unpaired) electrons. The van der Waals surface area contributed by atoms with Gasteiger partial charge in [0.05, 0.1) is 6.33 Å². The first-order valence-corrected chi connectivity index (χ1v) is 6.17. The lowest BCUT2D eigenvalue weighted by atomic mass is 10.3. The molecule has 0 unspecified atom stereocenters. The van der Waals surface area contributed by atoms with Gasteiger partial charge >= 0.3 is 0 Å². The highest BCUT2D eigenvalue weighted by Gasteiger charge is 2.14. The molecule has 0 saturated heterocycles. The number of halogens is 2. The Morgan fingerprint density at radius 1 is 1.65 bits per heavy atom. The largest absolute Gasteiger partial charge is 0.342 e. The molecule has 1 amide bonds. The topological polar surface area (TPSA) is 55.2 Å². The molecule has 0 aliphatic carbocycles. The van der Waals surface area contributed by atoms with Crippen molar-refractivity contribution in [2.45, 2.75) is 26.4 Å². The first-order valence-electron chi connectivity index (χ1n) is 5.00. The van der Waals surface area contributed by atoms with Crippen molar-refractivity contribution in [2.75, 3.05) is 7.05 Å². The fraction of sp³-hybridized carbons (Fsp3) is 0.500. The monoisotopic (exact) mass is 321 g/mol. The molecule has 0 saturated carbocycles. The summed E-state index contributed by atoms with van der Waals surface area (Å²) >= 11 is 8.70. The van der Waals surface area contributed by atoms with Crippen molar-refractivity contribution in [2.24, 2.45) is 0 Å². The minimum atomic E-state index is -0.365. The Hall–Kier alpha value is -0.880. The van der Waals surface area contributed by atoms with Crippen molar-refractivity contribution in [1.82, 2.24) is 14.5 Å². The van der Waals surface area contributed by atoms with Crippen molar-refractivity contribution in [3.8, 4) is 0 Å². The van der Waals surface area contributed by atoms with Gasteiger partial charge in [0.2, 0.25) is 5.91 Å². The Morgan fingerprint density at radius 2 is 2.24 bits per heavy atom. The van der Waals surface area contributed by atoms with Crippen LogP contribution in [-0.4, -0.2) is 33.4 Å². The third kappa shape index (κ3) is 3.29. The van der Waals surface area contributed by atoms with Crippen LogP contribution in [0, 0.1) is 0 Å². The molecule has 1 rings (SSSR count). The molecule has 17 heavy (non-hydrogen) atoms. The van der Waals surface area contributed by atoms with Crippen LogP contribution >= 0.6 is 27.5 Å². The summed E-state index contributed by atoms with van der Waals surface area (Å²) in [5, 5.41) is 0.0934. The Morgan fingerprint density at radius 3 is 2.76 bits per heavy atom. The predicted molar refractivity (Wildman–Crippen MR) is 69.1 cm³/mol. The number of hydrogen-bond acceptors (Lipinski definition) is 3. The summed E-state index contributed by atoms with van der Waals surface area (Å²) in [5.74, 6) is -0.155. The van der Waals surface area contributed by atoms with Gasteiger partial charge in [-0.05, 0) is 29.8 Å². The van der Waals surface area contributed by atoms with Crippen molar-refractivity contribution < 1.29 is 4.79 Å². The lowest BCUT2D eigenvalue weighted by Crippen LogP contribution is -2.38. The van der Waals surface area contributed by atoms with E-state index in [0.29, 0.717) is 0 Å². The highest BCUT2D eigenvalue weighted by Crippen LogP contribution is 2.13. The number of amides is 1. The maximum atomic E-state index is 11.8. The van der Waals surface area contributed by atoms with Gasteiger partial charge in [-0.3, -0.25) is 14.2 Å². The lowest BCUT2D eigenvalue weighted by molar-refractivity contribution is -0.132. The molecule has 0 N–H and O–H groups in total. The minimum Gasteiger partial charge on any atom is -0.342 e. The maximum Gasteiger partial charge on any atom is 0.269 e. The Labute approximate surface area is 113 Å². The molecule has 0 bridgehead atoms. The zero-order valence-corrected chi connectivity index (χ0v) is 12.1. The van der Waals surface area contributed by atoms with Gasteiger partial charge < -0.3 is 4.90 Å². The molecular formula is C10H13BrClN3O2. The van der Waals surface area contributed by atoms with Gasteiger partial charge in [-0.1, -0.05) is 11.6 Å². The average molecular weight is 323 g/mol. The molecule has 0 aliphatic heterocycles. The predicted octanol–water partition coefficient (Wildman–Crippen LogP) is 1.53. The molecule has 0 aromatic carbocycles. The van der Waals surface area contributed by atoms with Crippen LogP contribution in [0.5, 0.6) is 0 Å². The van der Waals surface area contributed by atoms with E-state index in [1.54, 1.807) is 11.9 Å². The molecule has 5 nitrogen and oxygen atoms in total. The second-order valence-corrected chi connectivity index (χ2v) is 5.03. The summed E-state index contributed by atoms with van der Waals surface area (Å²) in [7, 11) is 1.69. The van der Waals surface area contributed by atoms with E-state index in [2.05, 4.69) is 20.9 Å². The Kier molecular flexibility index (Phi) is 4.70. The van der Waals surface area contributed by atoms with Gasteiger partial charge in [0, 0.05) is 13.1 Å². The minimum absolute atomic E-state index is 0.0454. The summed E-state index contributed by atoms with van der Waals surface area (Å²) in [6.07, 6.45) is 1.27. The quantitative estimate of drug-likeness (QED) is 0.793. The zero-order valence-electron chi connectivity index (χ0n) is 9.78. The first kappa shape index (κ1) is 14.2. The van der Waals surface area contributed by atoms with Gasteiger partial charge in [0.25, 0.3) is 5.56 Å². The molecule has 1 aromatic rings. The number of hydrogen-bond donors (Lipinski definition) is 0. The summed E-state index contributed by atoms with van der Waals surface area (Å²) < 4.78 is 1.39. The number of nitrogens with zero attached hydrogens (tertiary/aromatic N) is 3. The Bertz CT molecular complexity index is 487. The molecular weight excluding hydrogens is 309 g/mol. The molecule has 1 heterocycles. The SMILES string of the molecule is CC(C)N(C)C(=O)Cn1cnc(Cl)c(Br)c1=O. The zero-order chi connectivity index (χ0) is 13.2. The number of aromatic nitrogens is 2. The van der Waals surface area contributed by atoms with Crippen LogP contribution in [0.1, 0.15) is 13.8 Å². The van der Waals surface area contributed by atoms with Gasteiger partial charge in [-0.2, -0.15) is 0 Å². The summed E-state index contributed by atoms with van der Waals surface area (Å²) in [4.78, 5) is 28.9. The molecule has 7 heteroatoms. The number of carbonyl (C=O) groups excluding carboxylic acids is 1. The second kappa shape index (κ2) is 5.64. The smallest absolute Gasteiger partial charge is 0.269 e. The van der Waals surface area contributed by atoms with Crippen LogP contribution in [0.15, 0.2) is 15.6 Å². The summed E-state index contributed by atoms with van der Waals surface area (Å²) in [6, 6.07) is 0.0851. The number of carbonyl (C=O) groups is 1. The van der Waals surface area contributed by atoms with E-state index in [-0.39, 0.29) is 33.7 Å². The van der Waals surface area contributed by atoms with Gasteiger partial charge in [0.1, 0.15) is 11.0 Å². The van der Waals surface area contributed by atoms with Crippen molar-refractivity contribution in [3.05, 3.63) is 26.3 Å². The van der Waals surface area contributed by atoms with E-state index in [9.17, 15) is 9.59 Å². The highest BCUT2D eigenvalue weighted by molar-refractivity contribution is 9.10. The number of likely N-dealkylation sites (N-methyl/N-ethyl adjacent to an activating group) is 1. The van der Waals surface area contributed by atoms with Crippen LogP contribution in [0.25, 0.3) is 0 Å². The summed E-state index contributed by atoms with van der Waals surface area (Å²) in [6.45, 7) is 3.75. The third-order valence-corrected chi connectivity index (χ3v) is 3.64. The molecule has 94 valence electrons. The molecule has 0 aliphatic rings. The van der Waals surface area contributed by atoms with Crippen LogP contribution in [0.4, 0.5) is 0 Å². The van der Waals surface area contributed by atoms with Crippen LogP contribution in [-0.2, 0) is 11.3 Å². The van der Waals surface area contributed by atoms with Gasteiger partial charge in [-0.15, -0.1) is 0 Å². The maximum absolute atomic E-state index is 11.8. The second-order valence-electron chi connectivity index (χ2n) is 3.88. The van der Waals surface area contributed by atoms with Crippen LogP contribution in [0.2, 0.25) is 5.15 Å². The van der Waals surface area contributed by atoms with Crippen LogP contribution in [0.3, 0.4) is 0 Å². The van der Waals surface area contributed by atoms with E-state index >= 15 is 0 Å². The van der Waals surface area contributed by atoms with Gasteiger partial charge in [0.15, 0.2) is 5.15 Å².